The van der Waals surface area contributed by atoms with Crippen molar-refractivity contribution in [2.75, 3.05) is 6.61 Å². The number of aliphatic hydroxyl groups is 3. The second-order valence-corrected chi connectivity index (χ2v) is 7.29. The largest absolute Gasteiger partial charge is 0.393 e. The molecule has 2 aliphatic carbocycles. The van der Waals surface area contributed by atoms with Gasteiger partial charge in [-0.3, -0.25) is 4.79 Å². The summed E-state index contributed by atoms with van der Waals surface area (Å²) in [6.07, 6.45) is 4.26. The first-order valence-corrected chi connectivity index (χ1v) is 7.05. The first kappa shape index (κ1) is 14.2. The molecule has 0 amide bonds. The van der Waals surface area contributed by atoms with Gasteiger partial charge in [-0.05, 0) is 31.3 Å². The van der Waals surface area contributed by atoms with Crippen LogP contribution in [0.25, 0.3) is 0 Å². The molecule has 0 radical (unpaired) electrons. The highest BCUT2D eigenvalue weighted by Gasteiger charge is 2.77. The van der Waals surface area contributed by atoms with Crippen molar-refractivity contribution >= 4 is 5.78 Å². The number of aliphatic hydroxyl groups excluding tert-OH is 1. The van der Waals surface area contributed by atoms with E-state index in [1.54, 1.807) is 6.92 Å². The van der Waals surface area contributed by atoms with Crippen LogP contribution >= 0.6 is 0 Å². The topological polar surface area (TPSA) is 87.0 Å². The maximum Gasteiger partial charge on any atom is 0.199 e. The summed E-state index contributed by atoms with van der Waals surface area (Å²) in [5, 5.41) is 30.7. The fourth-order valence-electron chi connectivity index (χ4n) is 4.51. The molecule has 3 rings (SSSR count). The van der Waals surface area contributed by atoms with Crippen LogP contribution in [0.4, 0.5) is 0 Å². The highest BCUT2D eigenvalue weighted by atomic mass is 16.7. The third-order valence-corrected chi connectivity index (χ3v) is 6.14. The molecule has 4 atom stereocenters. The molecule has 2 bridgehead atoms. The summed E-state index contributed by atoms with van der Waals surface area (Å²) in [5.74, 6) is -2.07. The van der Waals surface area contributed by atoms with Gasteiger partial charge >= 0.3 is 0 Å². The molecule has 20 heavy (non-hydrogen) atoms. The van der Waals surface area contributed by atoms with Crippen LogP contribution in [0.2, 0.25) is 0 Å². The highest BCUT2D eigenvalue weighted by molar-refractivity contribution is 5.99. The number of carbonyl (C=O) groups excluding carboxylic acids is 1. The Labute approximate surface area is 118 Å². The van der Waals surface area contributed by atoms with Crippen molar-refractivity contribution in [2.24, 2.45) is 10.8 Å². The third-order valence-electron chi connectivity index (χ3n) is 6.14. The molecule has 3 aliphatic rings. The number of ether oxygens (including phenoxy) is 1. The quantitative estimate of drug-likeness (QED) is 0.653. The summed E-state index contributed by atoms with van der Waals surface area (Å²) in [5.41, 5.74) is -3.78. The molecule has 1 heterocycles. The van der Waals surface area contributed by atoms with Crippen LogP contribution in [-0.2, 0) is 9.53 Å². The van der Waals surface area contributed by atoms with Gasteiger partial charge in [0.05, 0.1) is 6.61 Å². The SMILES string of the molecule is CC1(C)C=CC(=O)[C@]2(C)OC3(O)C[C@]12CCC3(O)CO. The standard InChI is InChI=1S/C15H22O5/c1-11(2)5-4-10(17)12(3)13(11)6-7-14(18,9-16)15(19,8-13)20-12/h4-5,16,18-19H,6-9H2,1-3H3/t12-,13+,14?,15?/m0/s1. The predicted octanol–water partition coefficient (Wildman–Crippen LogP) is 0.523. The lowest BCUT2D eigenvalue weighted by atomic mass is 9.48. The zero-order valence-corrected chi connectivity index (χ0v) is 12.1. The van der Waals surface area contributed by atoms with Crippen LogP contribution in [0.5, 0.6) is 0 Å². The minimum absolute atomic E-state index is 0.149. The molecule has 5 nitrogen and oxygen atoms in total. The fraction of sp³-hybridized carbons (Fsp3) is 0.800. The normalized spacial score (nSPS) is 53.0. The molecule has 0 aromatic carbocycles. The van der Waals surface area contributed by atoms with E-state index in [-0.39, 0.29) is 24.0 Å². The number of fused-ring (bicyclic) bond motifs is 1. The van der Waals surface area contributed by atoms with Gasteiger partial charge in [-0.25, -0.2) is 0 Å². The molecule has 112 valence electrons. The summed E-state index contributed by atoms with van der Waals surface area (Å²) in [6, 6.07) is 0. The second kappa shape index (κ2) is 3.53. The van der Waals surface area contributed by atoms with E-state index in [2.05, 4.69) is 0 Å². The van der Waals surface area contributed by atoms with Crippen molar-refractivity contribution in [1.29, 1.82) is 0 Å². The summed E-state index contributed by atoms with van der Waals surface area (Å²) in [4.78, 5) is 12.4. The maximum atomic E-state index is 12.4. The minimum Gasteiger partial charge on any atom is -0.393 e. The van der Waals surface area contributed by atoms with Crippen molar-refractivity contribution in [3.63, 3.8) is 0 Å². The Hall–Kier alpha value is -0.750. The first-order valence-electron chi connectivity index (χ1n) is 7.05. The Morgan fingerprint density at radius 1 is 1.25 bits per heavy atom. The molecule has 1 saturated carbocycles. The van der Waals surface area contributed by atoms with E-state index < -0.39 is 29.0 Å². The van der Waals surface area contributed by atoms with Gasteiger partial charge in [-0.2, -0.15) is 0 Å². The molecular weight excluding hydrogens is 260 g/mol. The predicted molar refractivity (Wildman–Crippen MR) is 70.7 cm³/mol. The lowest BCUT2D eigenvalue weighted by Crippen LogP contribution is -2.61. The van der Waals surface area contributed by atoms with E-state index in [1.165, 1.54) is 6.08 Å². The van der Waals surface area contributed by atoms with Crippen molar-refractivity contribution in [2.45, 2.75) is 57.0 Å². The first-order chi connectivity index (χ1) is 9.06. The summed E-state index contributed by atoms with van der Waals surface area (Å²) in [7, 11) is 0. The summed E-state index contributed by atoms with van der Waals surface area (Å²) in [6.45, 7) is 5.15. The number of hydrogen-bond donors (Lipinski definition) is 3. The van der Waals surface area contributed by atoms with Gasteiger partial charge in [0.25, 0.3) is 0 Å². The molecule has 3 N–H and O–H groups in total. The number of ketones is 1. The monoisotopic (exact) mass is 282 g/mol. The highest BCUT2D eigenvalue weighted by Crippen LogP contribution is 2.69. The molecule has 2 unspecified atom stereocenters. The second-order valence-electron chi connectivity index (χ2n) is 7.29. The summed E-state index contributed by atoms with van der Waals surface area (Å²) < 4.78 is 5.75. The molecule has 2 fully saturated rings. The minimum atomic E-state index is -1.88. The number of allylic oxidation sites excluding steroid dienone is 1. The lowest BCUT2D eigenvalue weighted by molar-refractivity contribution is -0.308. The average molecular weight is 282 g/mol. The maximum absolute atomic E-state index is 12.4. The van der Waals surface area contributed by atoms with Crippen molar-refractivity contribution in [1.82, 2.24) is 0 Å². The van der Waals surface area contributed by atoms with Crippen LogP contribution in [0, 0.1) is 10.8 Å². The Morgan fingerprint density at radius 2 is 1.90 bits per heavy atom. The van der Waals surface area contributed by atoms with E-state index >= 15 is 0 Å². The van der Waals surface area contributed by atoms with E-state index in [9.17, 15) is 20.1 Å². The molecule has 1 spiro atoms. The lowest BCUT2D eigenvalue weighted by Gasteiger charge is -2.54. The average Bonchev–Trinajstić information content (AvgIpc) is 2.60. The van der Waals surface area contributed by atoms with E-state index in [4.69, 9.17) is 4.74 Å². The molecule has 1 aliphatic heterocycles. The van der Waals surface area contributed by atoms with Gasteiger partial charge in [0.1, 0.15) is 11.2 Å². The molecule has 0 aromatic heterocycles. The van der Waals surface area contributed by atoms with Crippen LogP contribution in [0.15, 0.2) is 12.2 Å². The Morgan fingerprint density at radius 3 is 2.50 bits per heavy atom. The molecule has 5 heteroatoms. The van der Waals surface area contributed by atoms with E-state index in [0.717, 1.165) is 0 Å². The molecule has 1 saturated heterocycles. The van der Waals surface area contributed by atoms with Crippen molar-refractivity contribution in [3.05, 3.63) is 12.2 Å². The Balaban J connectivity index is 2.20. The van der Waals surface area contributed by atoms with Gasteiger partial charge in [0.15, 0.2) is 11.6 Å². The van der Waals surface area contributed by atoms with Crippen LogP contribution in [0.3, 0.4) is 0 Å². The van der Waals surface area contributed by atoms with Crippen molar-refractivity contribution < 1.29 is 24.9 Å². The number of carbonyl (C=O) groups is 1. The Kier molecular flexibility index (Phi) is 2.50. The van der Waals surface area contributed by atoms with Crippen LogP contribution in [-0.4, -0.2) is 44.7 Å². The van der Waals surface area contributed by atoms with Gasteiger partial charge in [0.2, 0.25) is 0 Å². The van der Waals surface area contributed by atoms with Crippen LogP contribution < -0.4 is 0 Å². The van der Waals surface area contributed by atoms with Gasteiger partial charge in [0, 0.05) is 11.8 Å². The van der Waals surface area contributed by atoms with Gasteiger partial charge in [-0.15, -0.1) is 0 Å². The number of hydrogen-bond acceptors (Lipinski definition) is 5. The van der Waals surface area contributed by atoms with Gasteiger partial charge in [-0.1, -0.05) is 19.9 Å². The molecular formula is C15H22O5. The fourth-order valence-corrected chi connectivity index (χ4v) is 4.51. The molecule has 0 aromatic rings. The zero-order chi connectivity index (χ0) is 15.0. The third kappa shape index (κ3) is 1.25. The van der Waals surface area contributed by atoms with Crippen molar-refractivity contribution in [3.8, 4) is 0 Å². The van der Waals surface area contributed by atoms with Crippen LogP contribution in [0.1, 0.15) is 40.0 Å². The smallest absolute Gasteiger partial charge is 0.199 e. The van der Waals surface area contributed by atoms with E-state index in [1.807, 2.05) is 19.9 Å². The van der Waals surface area contributed by atoms with E-state index in [0.29, 0.717) is 6.42 Å². The summed E-state index contributed by atoms with van der Waals surface area (Å²) >= 11 is 0. The van der Waals surface area contributed by atoms with Gasteiger partial charge < -0.3 is 20.1 Å². The Bertz CT molecular complexity index is 512. The zero-order valence-electron chi connectivity index (χ0n) is 12.1. The number of rotatable bonds is 1.